The first-order valence-electron chi connectivity index (χ1n) is 8.87. The number of hydrogen-bond acceptors (Lipinski definition) is 6. The Morgan fingerprint density at radius 3 is 1.72 bits per heavy atom. The van der Waals surface area contributed by atoms with Crippen LogP contribution in [0.1, 0.15) is 30.1 Å². The third kappa shape index (κ3) is 12.5. The number of carbonyl (C=O) groups is 1. The van der Waals surface area contributed by atoms with Crippen molar-refractivity contribution >= 4 is 5.97 Å². The molecule has 0 radical (unpaired) electrons. The van der Waals surface area contributed by atoms with Gasteiger partial charge >= 0.3 is 5.97 Å². The first kappa shape index (κ1) is 21.6. The largest absolute Gasteiger partial charge is 0.460 e. The molecule has 6 nitrogen and oxygen atoms in total. The van der Waals surface area contributed by atoms with Crippen LogP contribution in [0, 0.1) is 0 Å². The molecule has 1 rings (SSSR count). The van der Waals surface area contributed by atoms with Crippen LogP contribution in [0.5, 0.6) is 0 Å². The Bertz CT molecular complexity index is 423. The highest BCUT2D eigenvalue weighted by Gasteiger charge is 2.04. The van der Waals surface area contributed by atoms with E-state index in [1.165, 1.54) is 0 Å². The van der Waals surface area contributed by atoms with Crippen LogP contribution in [0.4, 0.5) is 0 Å². The summed E-state index contributed by atoms with van der Waals surface area (Å²) >= 11 is 0. The van der Waals surface area contributed by atoms with Gasteiger partial charge in [0.25, 0.3) is 0 Å². The third-order valence-corrected chi connectivity index (χ3v) is 3.23. The summed E-state index contributed by atoms with van der Waals surface area (Å²) in [6, 6.07) is 8.89. The lowest BCUT2D eigenvalue weighted by Crippen LogP contribution is -2.14. The zero-order chi connectivity index (χ0) is 18.0. The van der Waals surface area contributed by atoms with Gasteiger partial charge in [0.1, 0.15) is 6.61 Å². The first-order valence-corrected chi connectivity index (χ1v) is 8.87. The van der Waals surface area contributed by atoms with Gasteiger partial charge in [0.05, 0.1) is 51.8 Å². The van der Waals surface area contributed by atoms with Gasteiger partial charge in [-0.15, -0.1) is 0 Å². The van der Waals surface area contributed by atoms with E-state index in [1.54, 1.807) is 24.3 Å². The van der Waals surface area contributed by atoms with E-state index in [0.717, 1.165) is 19.4 Å². The van der Waals surface area contributed by atoms with E-state index in [4.69, 9.17) is 23.7 Å². The molecule has 0 bridgehead atoms. The average molecular weight is 354 g/mol. The zero-order valence-electron chi connectivity index (χ0n) is 15.1. The highest BCUT2D eigenvalue weighted by molar-refractivity contribution is 5.89. The summed E-state index contributed by atoms with van der Waals surface area (Å²) < 4.78 is 26.6. The Hall–Kier alpha value is -1.47. The zero-order valence-corrected chi connectivity index (χ0v) is 15.1. The van der Waals surface area contributed by atoms with Gasteiger partial charge in [0.2, 0.25) is 0 Å². The fourth-order valence-corrected chi connectivity index (χ4v) is 1.86. The predicted octanol–water partition coefficient (Wildman–Crippen LogP) is 2.71. The van der Waals surface area contributed by atoms with Crippen LogP contribution in [0.15, 0.2) is 30.3 Å². The number of benzene rings is 1. The smallest absolute Gasteiger partial charge is 0.338 e. The van der Waals surface area contributed by atoms with Gasteiger partial charge in [-0.05, 0) is 18.6 Å². The van der Waals surface area contributed by atoms with Gasteiger partial charge in [-0.25, -0.2) is 4.79 Å². The van der Waals surface area contributed by atoms with E-state index in [2.05, 4.69) is 6.92 Å². The average Bonchev–Trinajstić information content (AvgIpc) is 2.65. The van der Waals surface area contributed by atoms with Crippen LogP contribution in [-0.4, -0.2) is 65.4 Å². The quantitative estimate of drug-likeness (QED) is 0.336. The van der Waals surface area contributed by atoms with Crippen molar-refractivity contribution in [3.05, 3.63) is 35.9 Å². The molecule has 0 atom stereocenters. The van der Waals surface area contributed by atoms with Gasteiger partial charge in [0.15, 0.2) is 0 Å². The van der Waals surface area contributed by atoms with Crippen LogP contribution in [-0.2, 0) is 23.7 Å². The standard InChI is InChI=1S/C19H30O6/c1-2-3-9-21-10-11-22-12-13-23-14-15-24-16-17-25-19(20)18-7-5-4-6-8-18/h4-8H,2-3,9-17H2,1H3. The van der Waals surface area contributed by atoms with Crippen molar-refractivity contribution in [1.82, 2.24) is 0 Å². The van der Waals surface area contributed by atoms with Crippen LogP contribution < -0.4 is 0 Å². The molecule has 6 heteroatoms. The molecule has 142 valence electrons. The first-order chi connectivity index (χ1) is 12.3. The Morgan fingerprint density at radius 1 is 0.720 bits per heavy atom. The second-order valence-corrected chi connectivity index (χ2v) is 5.30. The summed E-state index contributed by atoms with van der Waals surface area (Å²) in [5.74, 6) is -0.337. The minimum atomic E-state index is -0.337. The maximum absolute atomic E-state index is 11.7. The second kappa shape index (κ2) is 16.0. The fourth-order valence-electron chi connectivity index (χ4n) is 1.86. The molecule has 0 unspecified atom stereocenters. The summed E-state index contributed by atoms with van der Waals surface area (Å²) in [4.78, 5) is 11.7. The Balaban J connectivity index is 1.78. The maximum Gasteiger partial charge on any atom is 0.338 e. The minimum Gasteiger partial charge on any atom is -0.460 e. The van der Waals surface area contributed by atoms with Crippen LogP contribution in [0.2, 0.25) is 0 Å². The molecule has 0 aromatic heterocycles. The molecule has 0 aliphatic carbocycles. The molecule has 0 aliphatic heterocycles. The van der Waals surface area contributed by atoms with E-state index < -0.39 is 0 Å². The molecule has 0 fully saturated rings. The number of hydrogen-bond donors (Lipinski definition) is 0. The number of ether oxygens (including phenoxy) is 5. The molecule has 0 aliphatic rings. The molecule has 0 heterocycles. The minimum absolute atomic E-state index is 0.231. The molecule has 0 spiro atoms. The van der Waals surface area contributed by atoms with Gasteiger partial charge in [-0.1, -0.05) is 31.5 Å². The summed E-state index contributed by atoms with van der Waals surface area (Å²) in [7, 11) is 0. The molecule has 25 heavy (non-hydrogen) atoms. The Morgan fingerprint density at radius 2 is 1.20 bits per heavy atom. The van der Waals surface area contributed by atoms with Crippen molar-refractivity contribution in [2.45, 2.75) is 19.8 Å². The second-order valence-electron chi connectivity index (χ2n) is 5.30. The maximum atomic E-state index is 11.7. The molecule has 1 aromatic carbocycles. The highest BCUT2D eigenvalue weighted by Crippen LogP contribution is 2.00. The topological polar surface area (TPSA) is 63.2 Å². The van der Waals surface area contributed by atoms with Crippen molar-refractivity contribution < 1.29 is 28.5 Å². The monoisotopic (exact) mass is 354 g/mol. The Kier molecular flexibility index (Phi) is 13.8. The fraction of sp³-hybridized carbons (Fsp3) is 0.632. The van der Waals surface area contributed by atoms with Crippen molar-refractivity contribution in [1.29, 1.82) is 0 Å². The molecule has 0 saturated carbocycles. The summed E-state index contributed by atoms with van der Waals surface area (Å²) in [6.45, 7) is 6.77. The highest BCUT2D eigenvalue weighted by atomic mass is 16.6. The van der Waals surface area contributed by atoms with Gasteiger partial charge in [-0.2, -0.15) is 0 Å². The summed E-state index contributed by atoms with van der Waals surface area (Å²) in [6.07, 6.45) is 2.24. The SMILES string of the molecule is CCCCOCCOCCOCCOCCOC(=O)c1ccccc1. The van der Waals surface area contributed by atoms with Crippen molar-refractivity contribution in [2.75, 3.05) is 59.5 Å². The van der Waals surface area contributed by atoms with Gasteiger partial charge < -0.3 is 23.7 Å². The van der Waals surface area contributed by atoms with E-state index in [9.17, 15) is 4.79 Å². The van der Waals surface area contributed by atoms with Crippen molar-refractivity contribution in [2.24, 2.45) is 0 Å². The number of carbonyl (C=O) groups excluding carboxylic acids is 1. The number of esters is 1. The van der Waals surface area contributed by atoms with Crippen LogP contribution in [0.3, 0.4) is 0 Å². The number of rotatable bonds is 16. The van der Waals surface area contributed by atoms with E-state index in [-0.39, 0.29) is 12.6 Å². The van der Waals surface area contributed by atoms with E-state index in [0.29, 0.717) is 51.8 Å². The summed E-state index contributed by atoms with van der Waals surface area (Å²) in [5, 5.41) is 0. The predicted molar refractivity (Wildman–Crippen MR) is 94.9 cm³/mol. The molecule has 0 N–H and O–H groups in total. The van der Waals surface area contributed by atoms with Gasteiger partial charge in [-0.3, -0.25) is 0 Å². The Labute approximate surface area is 150 Å². The molecular formula is C19H30O6. The molecule has 1 aromatic rings. The lowest BCUT2D eigenvalue weighted by molar-refractivity contribution is -0.00907. The van der Waals surface area contributed by atoms with Crippen LogP contribution in [0.25, 0.3) is 0 Å². The summed E-state index contributed by atoms with van der Waals surface area (Å²) in [5.41, 5.74) is 0.543. The van der Waals surface area contributed by atoms with Crippen LogP contribution >= 0.6 is 0 Å². The lowest BCUT2D eigenvalue weighted by Gasteiger charge is -2.08. The molecule has 0 amide bonds. The normalized spacial score (nSPS) is 10.8. The van der Waals surface area contributed by atoms with E-state index in [1.807, 2.05) is 6.07 Å². The van der Waals surface area contributed by atoms with Crippen molar-refractivity contribution in [3.8, 4) is 0 Å². The molecular weight excluding hydrogens is 324 g/mol. The molecule has 0 saturated heterocycles. The lowest BCUT2D eigenvalue weighted by atomic mass is 10.2. The third-order valence-electron chi connectivity index (χ3n) is 3.23. The van der Waals surface area contributed by atoms with E-state index >= 15 is 0 Å². The van der Waals surface area contributed by atoms with Crippen molar-refractivity contribution in [3.63, 3.8) is 0 Å². The number of unbranched alkanes of at least 4 members (excludes halogenated alkanes) is 1. The van der Waals surface area contributed by atoms with Gasteiger partial charge in [0, 0.05) is 6.61 Å².